The Bertz CT molecular complexity index is 555. The number of pyridine rings is 1. The molecule has 0 aromatic carbocycles. The summed E-state index contributed by atoms with van der Waals surface area (Å²) in [7, 11) is 1.79. The molecule has 120 valence electrons. The van der Waals surface area contributed by atoms with Crippen LogP contribution in [0.2, 0.25) is 5.02 Å². The van der Waals surface area contributed by atoms with Crippen LogP contribution in [0.3, 0.4) is 0 Å². The number of hydrogen-bond donors (Lipinski definition) is 1. The van der Waals surface area contributed by atoms with Gasteiger partial charge in [0.25, 0.3) is 5.91 Å². The van der Waals surface area contributed by atoms with Gasteiger partial charge in [0.2, 0.25) is 5.91 Å². The summed E-state index contributed by atoms with van der Waals surface area (Å²) >= 11 is 6.02. The van der Waals surface area contributed by atoms with E-state index in [9.17, 15) is 9.59 Å². The van der Waals surface area contributed by atoms with Gasteiger partial charge in [-0.05, 0) is 13.1 Å². The van der Waals surface area contributed by atoms with E-state index in [-0.39, 0.29) is 18.6 Å². The number of carbonyl (C=O) groups is 2. The smallest absolute Gasteiger partial charge is 0.255 e. The highest BCUT2D eigenvalue weighted by Gasteiger charge is 2.27. The van der Waals surface area contributed by atoms with Gasteiger partial charge in [-0.2, -0.15) is 0 Å². The van der Waals surface area contributed by atoms with Gasteiger partial charge in [-0.25, -0.2) is 0 Å². The van der Waals surface area contributed by atoms with Crippen molar-refractivity contribution in [3.05, 3.63) is 29.0 Å². The first-order valence-electron chi connectivity index (χ1n) is 6.94. The molecule has 2 amide bonds. The zero-order valence-corrected chi connectivity index (χ0v) is 13.1. The predicted octanol–water partition coefficient (Wildman–Crippen LogP) is -0.00690. The van der Waals surface area contributed by atoms with E-state index >= 15 is 0 Å². The molecule has 1 saturated heterocycles. The Morgan fingerprint density at radius 1 is 1.59 bits per heavy atom. The van der Waals surface area contributed by atoms with Crippen molar-refractivity contribution < 1.29 is 14.3 Å². The molecule has 2 N–H and O–H groups in total. The highest BCUT2D eigenvalue weighted by molar-refractivity contribution is 6.33. The average molecular weight is 327 g/mol. The second-order valence-corrected chi connectivity index (χ2v) is 5.67. The molecule has 1 aromatic rings. The zero-order chi connectivity index (χ0) is 16.1. The summed E-state index contributed by atoms with van der Waals surface area (Å²) in [6.45, 7) is 2.08. The lowest BCUT2D eigenvalue weighted by molar-refractivity contribution is -0.119. The first-order valence-corrected chi connectivity index (χ1v) is 7.32. The van der Waals surface area contributed by atoms with Crippen LogP contribution in [0.1, 0.15) is 10.4 Å². The highest BCUT2D eigenvalue weighted by Crippen LogP contribution is 2.17. The SMILES string of the molecule is CN(CC(N)=O)C[C@H]1CN(C(=O)c2ccncc2Cl)CCO1. The fourth-order valence-electron chi connectivity index (χ4n) is 2.41. The van der Waals surface area contributed by atoms with Gasteiger partial charge in [0.15, 0.2) is 0 Å². The average Bonchev–Trinajstić information content (AvgIpc) is 2.46. The third-order valence-electron chi connectivity index (χ3n) is 3.37. The summed E-state index contributed by atoms with van der Waals surface area (Å²) in [4.78, 5) is 30.8. The number of aromatic nitrogens is 1. The number of carbonyl (C=O) groups excluding carboxylic acids is 2. The number of ether oxygens (including phenoxy) is 1. The van der Waals surface area contributed by atoms with Crippen molar-refractivity contribution in [1.82, 2.24) is 14.8 Å². The van der Waals surface area contributed by atoms with E-state index < -0.39 is 5.91 Å². The number of nitrogens with zero attached hydrogens (tertiary/aromatic N) is 3. The van der Waals surface area contributed by atoms with E-state index in [0.717, 1.165) is 0 Å². The third kappa shape index (κ3) is 4.40. The molecule has 1 aliphatic heterocycles. The molecule has 0 radical (unpaired) electrons. The lowest BCUT2D eigenvalue weighted by Crippen LogP contribution is -2.50. The van der Waals surface area contributed by atoms with Gasteiger partial charge < -0.3 is 15.4 Å². The maximum absolute atomic E-state index is 12.5. The Hall–Kier alpha value is -1.70. The van der Waals surface area contributed by atoms with Crippen molar-refractivity contribution in [2.75, 3.05) is 39.8 Å². The van der Waals surface area contributed by atoms with Crippen molar-refractivity contribution in [2.24, 2.45) is 5.73 Å². The predicted molar refractivity (Wildman–Crippen MR) is 81.6 cm³/mol. The minimum atomic E-state index is -0.394. The molecule has 0 aliphatic carbocycles. The van der Waals surface area contributed by atoms with Gasteiger partial charge in [-0.15, -0.1) is 0 Å². The summed E-state index contributed by atoms with van der Waals surface area (Å²) in [6.07, 6.45) is 2.83. The third-order valence-corrected chi connectivity index (χ3v) is 3.67. The van der Waals surface area contributed by atoms with Crippen LogP contribution in [0.25, 0.3) is 0 Å². The summed E-state index contributed by atoms with van der Waals surface area (Å²) in [5.41, 5.74) is 5.59. The van der Waals surface area contributed by atoms with E-state index in [1.54, 1.807) is 22.9 Å². The molecular formula is C14H19ClN4O3. The summed E-state index contributed by atoms with van der Waals surface area (Å²) in [6, 6.07) is 1.61. The quantitative estimate of drug-likeness (QED) is 0.822. The van der Waals surface area contributed by atoms with Gasteiger partial charge in [-0.1, -0.05) is 11.6 Å². The number of hydrogen-bond acceptors (Lipinski definition) is 5. The van der Waals surface area contributed by atoms with Crippen LogP contribution in [-0.2, 0) is 9.53 Å². The number of morpholine rings is 1. The number of amides is 2. The Balaban J connectivity index is 1.97. The van der Waals surface area contributed by atoms with Crippen molar-refractivity contribution >= 4 is 23.4 Å². The van der Waals surface area contributed by atoms with Crippen molar-refractivity contribution in [3.8, 4) is 0 Å². The lowest BCUT2D eigenvalue weighted by atomic mass is 10.2. The van der Waals surface area contributed by atoms with E-state index in [1.807, 2.05) is 0 Å². The standard InChI is InChI=1S/C14H19ClN4O3/c1-18(9-13(16)20)7-10-8-19(4-5-22-10)14(21)11-2-3-17-6-12(11)15/h2-3,6,10H,4-5,7-9H2,1H3,(H2,16,20)/t10-/m0/s1. The molecule has 2 heterocycles. The first-order chi connectivity index (χ1) is 10.5. The van der Waals surface area contributed by atoms with E-state index in [2.05, 4.69) is 4.98 Å². The van der Waals surface area contributed by atoms with Crippen LogP contribution in [0.15, 0.2) is 18.5 Å². The molecule has 0 unspecified atom stereocenters. The minimum Gasteiger partial charge on any atom is -0.373 e. The van der Waals surface area contributed by atoms with Crippen LogP contribution >= 0.6 is 11.6 Å². The van der Waals surface area contributed by atoms with Crippen LogP contribution in [0.4, 0.5) is 0 Å². The summed E-state index contributed by atoms with van der Waals surface area (Å²) in [5, 5.41) is 0.335. The van der Waals surface area contributed by atoms with Crippen molar-refractivity contribution in [3.63, 3.8) is 0 Å². The highest BCUT2D eigenvalue weighted by atomic mass is 35.5. The van der Waals surface area contributed by atoms with Crippen LogP contribution < -0.4 is 5.73 Å². The molecule has 1 atom stereocenters. The van der Waals surface area contributed by atoms with Crippen molar-refractivity contribution in [1.29, 1.82) is 0 Å². The minimum absolute atomic E-state index is 0.141. The summed E-state index contributed by atoms with van der Waals surface area (Å²) in [5.74, 6) is -0.534. The molecule has 1 aromatic heterocycles. The number of likely N-dealkylation sites (N-methyl/N-ethyl adjacent to an activating group) is 1. The van der Waals surface area contributed by atoms with E-state index in [4.69, 9.17) is 22.1 Å². The number of halogens is 1. The summed E-state index contributed by atoms with van der Waals surface area (Å²) < 4.78 is 5.64. The Morgan fingerprint density at radius 3 is 3.05 bits per heavy atom. The first kappa shape index (κ1) is 16.7. The van der Waals surface area contributed by atoms with Gasteiger partial charge in [0.05, 0.1) is 29.8 Å². The van der Waals surface area contributed by atoms with Crippen LogP contribution in [0.5, 0.6) is 0 Å². The zero-order valence-electron chi connectivity index (χ0n) is 12.4. The Kier molecular flexibility index (Phi) is 5.70. The van der Waals surface area contributed by atoms with Gasteiger partial charge in [0.1, 0.15) is 0 Å². The van der Waals surface area contributed by atoms with Gasteiger partial charge in [-0.3, -0.25) is 19.5 Å². The van der Waals surface area contributed by atoms with Crippen LogP contribution in [-0.4, -0.2) is 72.5 Å². The molecule has 0 spiro atoms. The number of rotatable bonds is 5. The number of nitrogens with two attached hydrogens (primary N) is 1. The van der Waals surface area contributed by atoms with Crippen LogP contribution in [0, 0.1) is 0 Å². The maximum atomic E-state index is 12.5. The lowest BCUT2D eigenvalue weighted by Gasteiger charge is -2.34. The molecule has 8 heteroatoms. The molecule has 22 heavy (non-hydrogen) atoms. The Labute approximate surface area is 134 Å². The molecule has 1 aliphatic rings. The van der Waals surface area contributed by atoms with Crippen molar-refractivity contribution in [2.45, 2.75) is 6.10 Å². The van der Waals surface area contributed by atoms with E-state index in [1.165, 1.54) is 12.4 Å². The van der Waals surface area contributed by atoms with Gasteiger partial charge in [0, 0.05) is 32.0 Å². The fraction of sp³-hybridized carbons (Fsp3) is 0.500. The molecule has 0 saturated carbocycles. The maximum Gasteiger partial charge on any atom is 0.255 e. The normalized spacial score (nSPS) is 18.5. The molecule has 1 fully saturated rings. The van der Waals surface area contributed by atoms with Gasteiger partial charge >= 0.3 is 0 Å². The Morgan fingerprint density at radius 2 is 2.36 bits per heavy atom. The fourth-order valence-corrected chi connectivity index (χ4v) is 2.61. The number of primary amides is 1. The second-order valence-electron chi connectivity index (χ2n) is 5.26. The topological polar surface area (TPSA) is 88.8 Å². The molecular weight excluding hydrogens is 308 g/mol. The van der Waals surface area contributed by atoms with E-state index in [0.29, 0.717) is 36.8 Å². The monoisotopic (exact) mass is 326 g/mol. The molecule has 7 nitrogen and oxygen atoms in total. The largest absolute Gasteiger partial charge is 0.373 e. The molecule has 0 bridgehead atoms. The molecule has 2 rings (SSSR count). The second kappa shape index (κ2) is 7.53.